The first-order chi connectivity index (χ1) is 9.31. The van der Waals surface area contributed by atoms with Crippen LogP contribution in [0.15, 0.2) is 23.1 Å². The Kier molecular flexibility index (Phi) is 5.11. The SMILES string of the molecule is C#CCC(CC)Nc1cccc(S(C)(=O)=O)c1[N+](=O)[O-]. The molecule has 0 aliphatic rings. The highest BCUT2D eigenvalue weighted by Crippen LogP contribution is 2.32. The highest BCUT2D eigenvalue weighted by Gasteiger charge is 2.26. The molecule has 0 aliphatic heterocycles. The molecule has 6 nitrogen and oxygen atoms in total. The van der Waals surface area contributed by atoms with Crippen molar-refractivity contribution < 1.29 is 13.3 Å². The van der Waals surface area contributed by atoms with Gasteiger partial charge in [-0.1, -0.05) is 13.0 Å². The van der Waals surface area contributed by atoms with Crippen LogP contribution >= 0.6 is 0 Å². The third-order valence-corrected chi connectivity index (χ3v) is 3.93. The molecular weight excluding hydrogens is 280 g/mol. The summed E-state index contributed by atoms with van der Waals surface area (Å²) in [5.74, 6) is 2.48. The van der Waals surface area contributed by atoms with Gasteiger partial charge in [0.15, 0.2) is 9.84 Å². The molecule has 0 spiro atoms. The monoisotopic (exact) mass is 296 g/mol. The van der Waals surface area contributed by atoms with E-state index in [-0.39, 0.29) is 16.6 Å². The van der Waals surface area contributed by atoms with Crippen LogP contribution in [-0.4, -0.2) is 25.6 Å². The van der Waals surface area contributed by atoms with Crippen molar-refractivity contribution in [3.8, 4) is 12.3 Å². The Hall–Kier alpha value is -2.07. The van der Waals surface area contributed by atoms with Gasteiger partial charge >= 0.3 is 5.69 Å². The molecule has 1 N–H and O–H groups in total. The lowest BCUT2D eigenvalue weighted by molar-refractivity contribution is -0.386. The maximum atomic E-state index is 11.6. The number of nitro benzene ring substituents is 1. The summed E-state index contributed by atoms with van der Waals surface area (Å²) in [6.45, 7) is 1.89. The molecule has 20 heavy (non-hydrogen) atoms. The maximum absolute atomic E-state index is 11.6. The van der Waals surface area contributed by atoms with Crippen LogP contribution in [0.25, 0.3) is 0 Å². The lowest BCUT2D eigenvalue weighted by Crippen LogP contribution is -2.19. The predicted octanol–water partition coefficient (Wildman–Crippen LogP) is 2.21. The zero-order valence-corrected chi connectivity index (χ0v) is 12.1. The van der Waals surface area contributed by atoms with Crippen LogP contribution in [0.1, 0.15) is 19.8 Å². The van der Waals surface area contributed by atoms with Gasteiger partial charge in [-0.25, -0.2) is 8.42 Å². The number of nitrogens with zero attached hydrogens (tertiary/aromatic N) is 1. The topological polar surface area (TPSA) is 89.3 Å². The van der Waals surface area contributed by atoms with E-state index in [4.69, 9.17) is 6.42 Å². The van der Waals surface area contributed by atoms with Gasteiger partial charge in [-0.15, -0.1) is 12.3 Å². The quantitative estimate of drug-likeness (QED) is 0.494. The first-order valence-corrected chi connectivity index (χ1v) is 7.87. The fourth-order valence-corrected chi connectivity index (χ4v) is 2.65. The molecule has 1 unspecified atom stereocenters. The van der Waals surface area contributed by atoms with Gasteiger partial charge in [0.1, 0.15) is 10.6 Å². The van der Waals surface area contributed by atoms with E-state index < -0.39 is 20.4 Å². The zero-order chi connectivity index (χ0) is 15.3. The number of nitrogens with one attached hydrogen (secondary N) is 1. The van der Waals surface area contributed by atoms with Crippen molar-refractivity contribution in [2.24, 2.45) is 0 Å². The maximum Gasteiger partial charge on any atom is 0.310 e. The molecule has 1 aromatic carbocycles. The highest BCUT2D eigenvalue weighted by molar-refractivity contribution is 7.90. The molecule has 0 aromatic heterocycles. The molecule has 1 atom stereocenters. The molecule has 0 heterocycles. The number of nitro groups is 1. The Morgan fingerprint density at radius 1 is 1.50 bits per heavy atom. The molecule has 1 rings (SSSR count). The summed E-state index contributed by atoms with van der Waals surface area (Å²) in [7, 11) is -3.68. The number of para-hydroxylation sites is 1. The van der Waals surface area contributed by atoms with Gasteiger partial charge < -0.3 is 5.32 Å². The van der Waals surface area contributed by atoms with Gasteiger partial charge in [0.25, 0.3) is 0 Å². The Morgan fingerprint density at radius 2 is 2.15 bits per heavy atom. The van der Waals surface area contributed by atoms with Crippen LogP contribution in [0.3, 0.4) is 0 Å². The number of rotatable bonds is 6. The first kappa shape index (κ1) is 16.0. The van der Waals surface area contributed by atoms with E-state index in [1.807, 2.05) is 6.92 Å². The molecule has 7 heteroatoms. The summed E-state index contributed by atoms with van der Waals surface area (Å²) >= 11 is 0. The summed E-state index contributed by atoms with van der Waals surface area (Å²) in [5, 5.41) is 14.1. The molecule has 0 saturated heterocycles. The average Bonchev–Trinajstić information content (AvgIpc) is 2.36. The van der Waals surface area contributed by atoms with Crippen molar-refractivity contribution in [3.05, 3.63) is 28.3 Å². The Labute approximate surface area is 118 Å². The minimum absolute atomic E-state index is 0.145. The lowest BCUT2D eigenvalue weighted by Gasteiger charge is -2.16. The summed E-state index contributed by atoms with van der Waals surface area (Å²) in [6.07, 6.45) is 7.25. The normalized spacial score (nSPS) is 12.4. The summed E-state index contributed by atoms with van der Waals surface area (Å²) in [6, 6.07) is 4.02. The van der Waals surface area contributed by atoms with Crippen molar-refractivity contribution in [2.75, 3.05) is 11.6 Å². The smallest absolute Gasteiger partial charge is 0.310 e. The third-order valence-electron chi connectivity index (χ3n) is 2.80. The van der Waals surface area contributed by atoms with Crippen molar-refractivity contribution in [1.82, 2.24) is 0 Å². The van der Waals surface area contributed by atoms with Gasteiger partial charge in [-0.2, -0.15) is 0 Å². The Morgan fingerprint density at radius 3 is 2.60 bits per heavy atom. The van der Waals surface area contributed by atoms with Gasteiger partial charge in [-0.3, -0.25) is 10.1 Å². The summed E-state index contributed by atoms with van der Waals surface area (Å²) in [4.78, 5) is 10.2. The second-order valence-electron chi connectivity index (χ2n) is 4.34. The summed E-state index contributed by atoms with van der Waals surface area (Å²) < 4.78 is 23.3. The fraction of sp³-hybridized carbons (Fsp3) is 0.385. The predicted molar refractivity (Wildman–Crippen MR) is 77.4 cm³/mol. The van der Waals surface area contributed by atoms with Crippen LogP contribution < -0.4 is 5.32 Å². The van der Waals surface area contributed by atoms with Crippen LogP contribution in [0.5, 0.6) is 0 Å². The molecule has 0 fully saturated rings. The number of hydrogen-bond donors (Lipinski definition) is 1. The van der Waals surface area contributed by atoms with Crippen LogP contribution in [0.4, 0.5) is 11.4 Å². The van der Waals surface area contributed by atoms with E-state index >= 15 is 0 Å². The van der Waals surface area contributed by atoms with Crippen LogP contribution in [0.2, 0.25) is 0 Å². The van der Waals surface area contributed by atoms with Crippen molar-refractivity contribution in [1.29, 1.82) is 0 Å². The van der Waals surface area contributed by atoms with Gasteiger partial charge in [-0.05, 0) is 18.6 Å². The van der Waals surface area contributed by atoms with Gasteiger partial charge in [0.2, 0.25) is 0 Å². The number of hydrogen-bond acceptors (Lipinski definition) is 5. The number of benzene rings is 1. The van der Waals surface area contributed by atoms with Crippen molar-refractivity contribution >= 4 is 21.2 Å². The molecular formula is C13H16N2O4S. The number of sulfone groups is 1. The lowest BCUT2D eigenvalue weighted by atomic mass is 10.1. The zero-order valence-electron chi connectivity index (χ0n) is 11.3. The second-order valence-corrected chi connectivity index (χ2v) is 6.32. The van der Waals surface area contributed by atoms with E-state index in [2.05, 4.69) is 11.2 Å². The van der Waals surface area contributed by atoms with E-state index in [0.717, 1.165) is 6.26 Å². The standard InChI is InChI=1S/C13H16N2O4S/c1-4-7-10(5-2)14-11-8-6-9-12(20(3,18)19)13(11)15(16)17/h1,6,8-10,14H,5,7H2,2-3H3. The Bertz CT molecular complexity index is 647. The van der Waals surface area contributed by atoms with Gasteiger partial charge in [0, 0.05) is 18.7 Å². The third kappa shape index (κ3) is 3.71. The number of terminal acetylenes is 1. The molecule has 0 saturated carbocycles. The first-order valence-electron chi connectivity index (χ1n) is 5.98. The molecule has 0 bridgehead atoms. The van der Waals surface area contributed by atoms with E-state index in [0.29, 0.717) is 12.8 Å². The van der Waals surface area contributed by atoms with Crippen LogP contribution in [0, 0.1) is 22.5 Å². The Balaban J connectivity index is 3.34. The average molecular weight is 296 g/mol. The van der Waals surface area contributed by atoms with Crippen LogP contribution in [-0.2, 0) is 9.84 Å². The van der Waals surface area contributed by atoms with E-state index in [1.54, 1.807) is 0 Å². The van der Waals surface area contributed by atoms with E-state index in [9.17, 15) is 18.5 Å². The molecule has 1 aromatic rings. The molecule has 0 radical (unpaired) electrons. The molecule has 108 valence electrons. The van der Waals surface area contributed by atoms with Crippen molar-refractivity contribution in [3.63, 3.8) is 0 Å². The fourth-order valence-electron chi connectivity index (χ4n) is 1.79. The van der Waals surface area contributed by atoms with E-state index in [1.165, 1.54) is 18.2 Å². The summed E-state index contributed by atoms with van der Waals surface area (Å²) in [5.41, 5.74) is -0.273. The minimum atomic E-state index is -3.68. The number of anilines is 1. The molecule has 0 aliphatic carbocycles. The van der Waals surface area contributed by atoms with Gasteiger partial charge in [0.05, 0.1) is 4.92 Å². The molecule has 0 amide bonds. The highest BCUT2D eigenvalue weighted by atomic mass is 32.2. The minimum Gasteiger partial charge on any atom is -0.376 e. The largest absolute Gasteiger partial charge is 0.376 e. The van der Waals surface area contributed by atoms with Crippen molar-refractivity contribution in [2.45, 2.75) is 30.7 Å². The second kappa shape index (κ2) is 6.39.